The second kappa shape index (κ2) is 4.34. The fourth-order valence-electron chi connectivity index (χ4n) is 1.36. The van der Waals surface area contributed by atoms with Gasteiger partial charge in [-0.2, -0.15) is 0 Å². The summed E-state index contributed by atoms with van der Waals surface area (Å²) in [7, 11) is 3.40. The number of rotatable bonds is 3. The molecule has 0 spiro atoms. The summed E-state index contributed by atoms with van der Waals surface area (Å²) in [4.78, 5) is 13.3. The van der Waals surface area contributed by atoms with Crippen molar-refractivity contribution >= 4 is 17.5 Å². The van der Waals surface area contributed by atoms with Crippen molar-refractivity contribution in [2.75, 3.05) is 14.1 Å². The van der Waals surface area contributed by atoms with Crippen LogP contribution in [0.2, 0.25) is 5.02 Å². The van der Waals surface area contributed by atoms with Gasteiger partial charge in [0.05, 0.1) is 16.7 Å². The van der Waals surface area contributed by atoms with Crippen molar-refractivity contribution in [3.05, 3.63) is 28.8 Å². The van der Waals surface area contributed by atoms with Crippen molar-refractivity contribution in [1.82, 2.24) is 4.90 Å². The van der Waals surface area contributed by atoms with Crippen LogP contribution in [0.3, 0.4) is 0 Å². The molecule has 0 N–H and O–H groups in total. The van der Waals surface area contributed by atoms with E-state index in [9.17, 15) is 4.79 Å². The summed E-state index contributed by atoms with van der Waals surface area (Å²) in [5.41, 5.74) is 0.491. The summed E-state index contributed by atoms with van der Waals surface area (Å²) < 4.78 is 5.62. The minimum atomic E-state index is -0.105. The van der Waals surface area contributed by atoms with Crippen molar-refractivity contribution < 1.29 is 9.53 Å². The lowest BCUT2D eigenvalue weighted by Crippen LogP contribution is -2.22. The average molecular weight is 240 g/mol. The molecule has 0 unspecified atom stereocenters. The molecular weight excluding hydrogens is 226 g/mol. The zero-order chi connectivity index (χ0) is 11.7. The second-order valence-corrected chi connectivity index (χ2v) is 4.57. The number of carbonyl (C=O) groups is 1. The maximum absolute atomic E-state index is 11.8. The molecule has 0 bridgehead atoms. The molecule has 2 rings (SSSR count). The molecular formula is C12H14ClNO2. The van der Waals surface area contributed by atoms with Crippen LogP contribution in [0.25, 0.3) is 0 Å². The van der Waals surface area contributed by atoms with Gasteiger partial charge in [-0.15, -0.1) is 0 Å². The number of ether oxygens (including phenoxy) is 1. The Bertz CT molecular complexity index is 413. The van der Waals surface area contributed by atoms with Gasteiger partial charge in [0.25, 0.3) is 5.91 Å². The maximum Gasteiger partial charge on any atom is 0.254 e. The fourth-order valence-corrected chi connectivity index (χ4v) is 1.56. The Balaban J connectivity index is 2.24. The largest absolute Gasteiger partial charge is 0.490 e. The Morgan fingerprint density at radius 3 is 2.69 bits per heavy atom. The smallest absolute Gasteiger partial charge is 0.254 e. The number of carbonyl (C=O) groups excluding carboxylic acids is 1. The molecule has 4 heteroatoms. The average Bonchev–Trinajstić information content (AvgIpc) is 3.03. The van der Waals surface area contributed by atoms with E-state index in [0.717, 1.165) is 18.6 Å². The summed E-state index contributed by atoms with van der Waals surface area (Å²) in [5, 5.41) is 0.460. The zero-order valence-corrected chi connectivity index (χ0v) is 10.1. The van der Waals surface area contributed by atoms with Gasteiger partial charge < -0.3 is 9.64 Å². The molecule has 1 saturated carbocycles. The molecule has 0 aliphatic heterocycles. The van der Waals surface area contributed by atoms with E-state index in [-0.39, 0.29) is 5.91 Å². The molecule has 0 heterocycles. The van der Waals surface area contributed by atoms with Crippen LogP contribution < -0.4 is 4.74 Å². The normalized spacial score (nSPS) is 14.7. The third-order valence-electron chi connectivity index (χ3n) is 2.40. The van der Waals surface area contributed by atoms with Gasteiger partial charge in [0.1, 0.15) is 5.75 Å². The molecule has 0 aromatic heterocycles. The first-order chi connectivity index (χ1) is 7.58. The second-order valence-electron chi connectivity index (χ2n) is 4.16. The SMILES string of the molecule is CN(C)C(=O)c1cc(OC2CC2)ccc1Cl. The van der Waals surface area contributed by atoms with Gasteiger partial charge in [-0.3, -0.25) is 4.79 Å². The molecule has 1 aliphatic carbocycles. The van der Waals surface area contributed by atoms with E-state index in [1.807, 2.05) is 0 Å². The highest BCUT2D eigenvalue weighted by atomic mass is 35.5. The Labute approximate surface area is 100.0 Å². The van der Waals surface area contributed by atoms with Gasteiger partial charge in [-0.25, -0.2) is 0 Å². The van der Waals surface area contributed by atoms with Crippen molar-refractivity contribution in [3.8, 4) is 5.75 Å². The predicted octanol–water partition coefficient (Wildman–Crippen LogP) is 2.58. The molecule has 3 nitrogen and oxygen atoms in total. The highest BCUT2D eigenvalue weighted by molar-refractivity contribution is 6.33. The van der Waals surface area contributed by atoms with Gasteiger partial charge in [0, 0.05) is 14.1 Å². The molecule has 1 amide bonds. The molecule has 1 aromatic rings. The molecule has 16 heavy (non-hydrogen) atoms. The van der Waals surface area contributed by atoms with Crippen molar-refractivity contribution in [2.45, 2.75) is 18.9 Å². The lowest BCUT2D eigenvalue weighted by molar-refractivity contribution is 0.0827. The minimum absolute atomic E-state index is 0.105. The molecule has 0 radical (unpaired) electrons. The summed E-state index contributed by atoms with van der Waals surface area (Å²) in [6.07, 6.45) is 2.52. The van der Waals surface area contributed by atoms with E-state index in [1.165, 1.54) is 4.90 Å². The number of amides is 1. The number of halogens is 1. The molecule has 0 saturated heterocycles. The topological polar surface area (TPSA) is 29.5 Å². The van der Waals surface area contributed by atoms with Gasteiger partial charge in [-0.1, -0.05) is 11.6 Å². The first kappa shape index (κ1) is 11.3. The molecule has 1 fully saturated rings. The van der Waals surface area contributed by atoms with Crippen LogP contribution in [0.1, 0.15) is 23.2 Å². The van der Waals surface area contributed by atoms with Crippen LogP contribution in [0.4, 0.5) is 0 Å². The maximum atomic E-state index is 11.8. The van der Waals surface area contributed by atoms with E-state index in [2.05, 4.69) is 0 Å². The molecule has 1 aliphatic rings. The molecule has 0 atom stereocenters. The van der Waals surface area contributed by atoms with Crippen LogP contribution in [-0.4, -0.2) is 31.0 Å². The Hall–Kier alpha value is -1.22. The number of benzene rings is 1. The van der Waals surface area contributed by atoms with E-state index >= 15 is 0 Å². The first-order valence-corrected chi connectivity index (χ1v) is 5.63. The van der Waals surface area contributed by atoms with Gasteiger partial charge >= 0.3 is 0 Å². The first-order valence-electron chi connectivity index (χ1n) is 5.26. The fraction of sp³-hybridized carbons (Fsp3) is 0.417. The number of hydrogen-bond acceptors (Lipinski definition) is 2. The molecule has 86 valence electrons. The zero-order valence-electron chi connectivity index (χ0n) is 9.37. The predicted molar refractivity (Wildman–Crippen MR) is 63.1 cm³/mol. The lowest BCUT2D eigenvalue weighted by Gasteiger charge is -2.13. The van der Waals surface area contributed by atoms with E-state index in [4.69, 9.17) is 16.3 Å². The number of nitrogens with zero attached hydrogens (tertiary/aromatic N) is 1. The highest BCUT2D eigenvalue weighted by Crippen LogP contribution is 2.29. The quantitative estimate of drug-likeness (QED) is 0.812. The summed E-state index contributed by atoms with van der Waals surface area (Å²) in [6.45, 7) is 0. The minimum Gasteiger partial charge on any atom is -0.490 e. The van der Waals surface area contributed by atoms with Crippen LogP contribution in [0, 0.1) is 0 Å². The van der Waals surface area contributed by atoms with Crippen molar-refractivity contribution in [2.24, 2.45) is 0 Å². The van der Waals surface area contributed by atoms with Crippen molar-refractivity contribution in [3.63, 3.8) is 0 Å². The van der Waals surface area contributed by atoms with Gasteiger partial charge in [-0.05, 0) is 31.0 Å². The standard InChI is InChI=1S/C12H14ClNO2/c1-14(2)12(15)10-7-9(5-6-11(10)13)16-8-3-4-8/h5-8H,3-4H2,1-2H3. The Morgan fingerprint density at radius 2 is 2.12 bits per heavy atom. The van der Waals surface area contributed by atoms with Gasteiger partial charge in [0.15, 0.2) is 0 Å². The van der Waals surface area contributed by atoms with Crippen LogP contribution >= 0.6 is 11.6 Å². The van der Waals surface area contributed by atoms with Crippen LogP contribution in [0.15, 0.2) is 18.2 Å². The summed E-state index contributed by atoms with van der Waals surface area (Å²) in [6, 6.07) is 5.21. The monoisotopic (exact) mass is 239 g/mol. The summed E-state index contributed by atoms with van der Waals surface area (Å²) >= 11 is 5.98. The Morgan fingerprint density at radius 1 is 1.44 bits per heavy atom. The lowest BCUT2D eigenvalue weighted by atomic mass is 10.2. The highest BCUT2D eigenvalue weighted by Gasteiger charge is 2.24. The third-order valence-corrected chi connectivity index (χ3v) is 2.73. The van der Waals surface area contributed by atoms with E-state index in [0.29, 0.717) is 16.7 Å². The number of hydrogen-bond donors (Lipinski definition) is 0. The summed E-state index contributed by atoms with van der Waals surface area (Å²) in [5.74, 6) is 0.614. The molecule has 1 aromatic carbocycles. The van der Waals surface area contributed by atoms with E-state index < -0.39 is 0 Å². The van der Waals surface area contributed by atoms with Crippen LogP contribution in [0.5, 0.6) is 5.75 Å². The Kier molecular flexibility index (Phi) is 3.06. The third kappa shape index (κ3) is 2.47. The van der Waals surface area contributed by atoms with E-state index in [1.54, 1.807) is 32.3 Å². The van der Waals surface area contributed by atoms with Crippen LogP contribution in [-0.2, 0) is 0 Å². The van der Waals surface area contributed by atoms with Crippen molar-refractivity contribution in [1.29, 1.82) is 0 Å². The van der Waals surface area contributed by atoms with Gasteiger partial charge in [0.2, 0.25) is 0 Å².